The maximum absolute atomic E-state index is 6.07. The molecule has 0 fully saturated rings. The van der Waals surface area contributed by atoms with E-state index in [0.717, 1.165) is 20.2 Å². The molecule has 0 aliphatic carbocycles. The Morgan fingerprint density at radius 3 is 2.81 bits per heavy atom. The highest BCUT2D eigenvalue weighted by atomic mass is 127. The summed E-state index contributed by atoms with van der Waals surface area (Å²) in [6, 6.07) is 9.80. The molecule has 1 aromatic carbocycles. The second-order valence-electron chi connectivity index (χ2n) is 3.54. The Hall–Kier alpha value is -0.680. The molecule has 0 radical (unpaired) electrons. The van der Waals surface area contributed by atoms with Crippen LogP contribution in [0.2, 0.25) is 5.02 Å². The summed E-state index contributed by atoms with van der Waals surface area (Å²) < 4.78 is 6.35. The largest absolute Gasteiger partial charge is 0.454 e. The Labute approximate surface area is 113 Å². The molecule has 0 saturated carbocycles. The summed E-state index contributed by atoms with van der Waals surface area (Å²) in [4.78, 5) is 0. The highest BCUT2D eigenvalue weighted by molar-refractivity contribution is 14.1. The summed E-state index contributed by atoms with van der Waals surface area (Å²) >= 11 is 8.22. The van der Waals surface area contributed by atoms with Gasteiger partial charge in [-0.15, -0.1) is 0 Å². The number of hydrogen-bond acceptors (Lipinski definition) is 2. The van der Waals surface area contributed by atoms with Crippen LogP contribution in [0.1, 0.15) is 11.3 Å². The fourth-order valence-electron chi connectivity index (χ4n) is 1.40. The van der Waals surface area contributed by atoms with Crippen molar-refractivity contribution in [3.8, 4) is 0 Å². The lowest BCUT2D eigenvalue weighted by Gasteiger charge is -2.07. The minimum absolute atomic E-state index is 0.645. The SMILES string of the molecule is Cc1ccc(Cl)c(NCc2ccc(I)o2)c1. The zero-order valence-electron chi connectivity index (χ0n) is 8.76. The van der Waals surface area contributed by atoms with Gasteiger partial charge in [-0.1, -0.05) is 17.7 Å². The van der Waals surface area contributed by atoms with Crippen LogP contribution in [0.15, 0.2) is 34.7 Å². The van der Waals surface area contributed by atoms with Gasteiger partial charge in [-0.2, -0.15) is 0 Å². The third-order valence-electron chi connectivity index (χ3n) is 2.20. The van der Waals surface area contributed by atoms with Crippen molar-refractivity contribution >= 4 is 39.9 Å². The lowest BCUT2D eigenvalue weighted by Crippen LogP contribution is -1.98. The highest BCUT2D eigenvalue weighted by Gasteiger charge is 2.02. The summed E-state index contributed by atoms with van der Waals surface area (Å²) in [6.45, 7) is 2.68. The first kappa shape index (κ1) is 11.8. The van der Waals surface area contributed by atoms with Crippen LogP contribution >= 0.6 is 34.2 Å². The summed E-state index contributed by atoms with van der Waals surface area (Å²) in [5.41, 5.74) is 2.12. The van der Waals surface area contributed by atoms with Gasteiger partial charge in [0, 0.05) is 0 Å². The topological polar surface area (TPSA) is 25.2 Å². The van der Waals surface area contributed by atoms with Crippen molar-refractivity contribution in [3.05, 3.63) is 50.4 Å². The molecule has 2 nitrogen and oxygen atoms in total. The Kier molecular flexibility index (Phi) is 3.76. The molecule has 84 valence electrons. The fourth-order valence-corrected chi connectivity index (χ4v) is 2.05. The number of rotatable bonds is 3. The molecule has 0 aliphatic rings. The second kappa shape index (κ2) is 5.10. The van der Waals surface area contributed by atoms with Crippen LogP contribution in [0, 0.1) is 10.7 Å². The molecule has 1 aromatic heterocycles. The van der Waals surface area contributed by atoms with E-state index in [0.29, 0.717) is 6.54 Å². The van der Waals surface area contributed by atoms with Crippen molar-refractivity contribution in [2.24, 2.45) is 0 Å². The van der Waals surface area contributed by atoms with Gasteiger partial charge in [0.15, 0.2) is 3.77 Å². The van der Waals surface area contributed by atoms with Gasteiger partial charge in [0.2, 0.25) is 0 Å². The number of furan rings is 1. The van der Waals surface area contributed by atoms with Crippen LogP contribution in [0.25, 0.3) is 0 Å². The van der Waals surface area contributed by atoms with Gasteiger partial charge in [-0.05, 0) is 59.3 Å². The predicted octanol–water partition coefficient (Wildman–Crippen LogP) is 4.46. The number of nitrogens with one attached hydrogen (secondary N) is 1. The number of halogens is 2. The van der Waals surface area contributed by atoms with Crippen LogP contribution in [-0.4, -0.2) is 0 Å². The van der Waals surface area contributed by atoms with E-state index in [1.54, 1.807) is 0 Å². The molecule has 0 aliphatic heterocycles. The van der Waals surface area contributed by atoms with E-state index in [1.807, 2.05) is 37.3 Å². The van der Waals surface area contributed by atoms with E-state index in [2.05, 4.69) is 27.9 Å². The molecule has 0 atom stereocenters. The standard InChI is InChI=1S/C12H11ClINO/c1-8-2-4-10(13)11(6-8)15-7-9-3-5-12(14)16-9/h2-6,15H,7H2,1H3. The van der Waals surface area contributed by atoms with E-state index in [9.17, 15) is 0 Å². The fraction of sp³-hybridized carbons (Fsp3) is 0.167. The van der Waals surface area contributed by atoms with E-state index in [-0.39, 0.29) is 0 Å². The molecular weight excluding hydrogens is 336 g/mol. The molecule has 0 amide bonds. The molecule has 1 N–H and O–H groups in total. The van der Waals surface area contributed by atoms with Crippen LogP contribution in [0.4, 0.5) is 5.69 Å². The number of aryl methyl sites for hydroxylation is 1. The van der Waals surface area contributed by atoms with Crippen molar-refractivity contribution in [1.29, 1.82) is 0 Å². The first-order chi connectivity index (χ1) is 7.65. The monoisotopic (exact) mass is 347 g/mol. The zero-order chi connectivity index (χ0) is 11.5. The van der Waals surface area contributed by atoms with Crippen molar-refractivity contribution < 1.29 is 4.42 Å². The summed E-state index contributed by atoms with van der Waals surface area (Å²) in [7, 11) is 0. The van der Waals surface area contributed by atoms with E-state index in [4.69, 9.17) is 16.0 Å². The van der Waals surface area contributed by atoms with Crippen LogP contribution in [0.5, 0.6) is 0 Å². The first-order valence-electron chi connectivity index (χ1n) is 4.89. The molecule has 0 unspecified atom stereocenters. The Balaban J connectivity index is 2.07. The van der Waals surface area contributed by atoms with Crippen molar-refractivity contribution in [2.75, 3.05) is 5.32 Å². The van der Waals surface area contributed by atoms with Gasteiger partial charge in [-0.25, -0.2) is 0 Å². The second-order valence-corrected chi connectivity index (χ2v) is 5.01. The van der Waals surface area contributed by atoms with Crippen molar-refractivity contribution in [3.63, 3.8) is 0 Å². The number of hydrogen-bond donors (Lipinski definition) is 1. The van der Waals surface area contributed by atoms with Gasteiger partial charge < -0.3 is 9.73 Å². The molecule has 0 bridgehead atoms. The van der Waals surface area contributed by atoms with Gasteiger partial charge in [0.05, 0.1) is 17.3 Å². The maximum atomic E-state index is 6.07. The van der Waals surface area contributed by atoms with Crippen molar-refractivity contribution in [2.45, 2.75) is 13.5 Å². The van der Waals surface area contributed by atoms with E-state index >= 15 is 0 Å². The van der Waals surface area contributed by atoms with Gasteiger partial charge in [0.1, 0.15) is 5.76 Å². The van der Waals surface area contributed by atoms with Crippen LogP contribution in [0.3, 0.4) is 0 Å². The predicted molar refractivity (Wildman–Crippen MR) is 74.9 cm³/mol. The average molecular weight is 348 g/mol. The van der Waals surface area contributed by atoms with Crippen molar-refractivity contribution in [1.82, 2.24) is 0 Å². The smallest absolute Gasteiger partial charge is 0.164 e. The normalized spacial score (nSPS) is 10.4. The Morgan fingerprint density at radius 1 is 1.31 bits per heavy atom. The molecular formula is C12H11ClINO. The molecule has 2 aromatic rings. The van der Waals surface area contributed by atoms with E-state index < -0.39 is 0 Å². The third kappa shape index (κ3) is 2.92. The van der Waals surface area contributed by atoms with Gasteiger partial charge in [-0.3, -0.25) is 0 Å². The Morgan fingerprint density at radius 2 is 2.12 bits per heavy atom. The zero-order valence-corrected chi connectivity index (χ0v) is 11.7. The third-order valence-corrected chi connectivity index (χ3v) is 3.11. The highest BCUT2D eigenvalue weighted by Crippen LogP contribution is 2.23. The molecule has 2 rings (SSSR count). The quantitative estimate of drug-likeness (QED) is 0.829. The molecule has 16 heavy (non-hydrogen) atoms. The first-order valence-corrected chi connectivity index (χ1v) is 6.35. The van der Waals surface area contributed by atoms with Crippen LogP contribution in [-0.2, 0) is 6.54 Å². The molecule has 0 saturated heterocycles. The van der Waals surface area contributed by atoms with Gasteiger partial charge >= 0.3 is 0 Å². The summed E-state index contributed by atoms with van der Waals surface area (Å²) in [5, 5.41) is 3.98. The molecule has 0 spiro atoms. The maximum Gasteiger partial charge on any atom is 0.164 e. The molecule has 1 heterocycles. The number of benzene rings is 1. The lowest BCUT2D eigenvalue weighted by atomic mass is 10.2. The minimum atomic E-state index is 0.645. The van der Waals surface area contributed by atoms with Crippen LogP contribution < -0.4 is 5.32 Å². The van der Waals surface area contributed by atoms with Gasteiger partial charge in [0.25, 0.3) is 0 Å². The minimum Gasteiger partial charge on any atom is -0.454 e. The molecule has 4 heteroatoms. The average Bonchev–Trinajstić information content (AvgIpc) is 2.66. The summed E-state index contributed by atoms with van der Waals surface area (Å²) in [6.07, 6.45) is 0. The van der Waals surface area contributed by atoms with E-state index in [1.165, 1.54) is 5.56 Å². The Bertz CT molecular complexity index is 496. The number of anilines is 1. The lowest BCUT2D eigenvalue weighted by molar-refractivity contribution is 0.493. The summed E-state index contributed by atoms with van der Waals surface area (Å²) in [5.74, 6) is 0.905.